The van der Waals surface area contributed by atoms with E-state index in [1.54, 1.807) is 18.2 Å². The molecule has 1 aliphatic heterocycles. The number of halogens is 1. The molecule has 2 N–H and O–H groups in total. The van der Waals surface area contributed by atoms with Gasteiger partial charge in [-0.05, 0) is 6.07 Å². The van der Waals surface area contributed by atoms with Crippen LogP contribution in [0, 0.1) is 0 Å². The minimum absolute atomic E-state index is 0.0245. The van der Waals surface area contributed by atoms with E-state index < -0.39 is 5.60 Å². The average molecular weight is 229 g/mol. The van der Waals surface area contributed by atoms with E-state index in [9.17, 15) is 10.2 Å². The lowest BCUT2D eigenvalue weighted by atomic mass is 9.86. The van der Waals surface area contributed by atoms with Crippen LogP contribution in [-0.2, 0) is 10.3 Å². The molecule has 0 aromatic heterocycles. The van der Waals surface area contributed by atoms with Crippen molar-refractivity contribution in [2.24, 2.45) is 0 Å². The Morgan fingerprint density at radius 1 is 1.27 bits per heavy atom. The van der Waals surface area contributed by atoms with Crippen LogP contribution in [0.15, 0.2) is 18.2 Å². The maximum absolute atomic E-state index is 10.3. The zero-order chi connectivity index (χ0) is 10.9. The second kappa shape index (κ2) is 4.00. The lowest BCUT2D eigenvalue weighted by Gasteiger charge is -2.33. The zero-order valence-electron chi connectivity index (χ0n) is 8.24. The van der Waals surface area contributed by atoms with Gasteiger partial charge >= 0.3 is 0 Å². The third kappa shape index (κ3) is 1.95. The summed E-state index contributed by atoms with van der Waals surface area (Å²) in [6, 6.07) is 5.03. The molecule has 0 amide bonds. The fourth-order valence-corrected chi connectivity index (χ4v) is 2.04. The normalized spacial score (nSPS) is 20.1. The largest absolute Gasteiger partial charge is 0.506 e. The van der Waals surface area contributed by atoms with Crippen molar-refractivity contribution in [2.45, 2.75) is 18.4 Å². The van der Waals surface area contributed by atoms with Crippen molar-refractivity contribution in [1.29, 1.82) is 0 Å². The molecule has 0 radical (unpaired) electrons. The lowest BCUT2D eigenvalue weighted by Crippen LogP contribution is -2.33. The van der Waals surface area contributed by atoms with E-state index in [-0.39, 0.29) is 10.8 Å². The Bertz CT molecular complexity index is 359. The van der Waals surface area contributed by atoms with E-state index in [0.29, 0.717) is 31.6 Å². The van der Waals surface area contributed by atoms with E-state index in [1.165, 1.54) is 0 Å². The predicted molar refractivity (Wildman–Crippen MR) is 57.1 cm³/mol. The fraction of sp³-hybridized carbons (Fsp3) is 0.455. The molecule has 0 unspecified atom stereocenters. The average Bonchev–Trinajstić information content (AvgIpc) is 2.23. The van der Waals surface area contributed by atoms with Crippen LogP contribution in [0.25, 0.3) is 0 Å². The van der Waals surface area contributed by atoms with Gasteiger partial charge in [0.2, 0.25) is 0 Å². The molecule has 1 aliphatic rings. The number of hydrogen-bond acceptors (Lipinski definition) is 3. The monoisotopic (exact) mass is 228 g/mol. The highest BCUT2D eigenvalue weighted by Crippen LogP contribution is 2.39. The summed E-state index contributed by atoms with van der Waals surface area (Å²) in [7, 11) is 0. The maximum atomic E-state index is 10.3. The van der Waals surface area contributed by atoms with Gasteiger partial charge in [0.05, 0.1) is 10.6 Å². The molecule has 0 bridgehead atoms. The Hall–Kier alpha value is -0.770. The molecule has 1 fully saturated rings. The van der Waals surface area contributed by atoms with Crippen LogP contribution < -0.4 is 0 Å². The summed E-state index contributed by atoms with van der Waals surface area (Å²) in [5, 5.41) is 20.4. The number of phenolic OH excluding ortho intramolecular Hbond substituents is 1. The van der Waals surface area contributed by atoms with E-state index in [1.807, 2.05) is 0 Å². The summed E-state index contributed by atoms with van der Waals surface area (Å²) in [4.78, 5) is 0. The van der Waals surface area contributed by atoms with E-state index in [2.05, 4.69) is 0 Å². The van der Waals surface area contributed by atoms with Crippen molar-refractivity contribution in [1.82, 2.24) is 0 Å². The van der Waals surface area contributed by atoms with Gasteiger partial charge < -0.3 is 14.9 Å². The van der Waals surface area contributed by atoms with Crippen LogP contribution in [0.2, 0.25) is 5.02 Å². The van der Waals surface area contributed by atoms with E-state index in [4.69, 9.17) is 16.3 Å². The van der Waals surface area contributed by atoms with Gasteiger partial charge in [-0.15, -0.1) is 0 Å². The molecular formula is C11H13ClO3. The number of benzene rings is 1. The standard InChI is InChI=1S/C11H13ClO3/c12-9-3-1-2-8(10(9)13)11(14)4-6-15-7-5-11/h1-3,13-14H,4-7H2. The number of rotatable bonds is 1. The van der Waals surface area contributed by atoms with Crippen molar-refractivity contribution in [3.8, 4) is 5.75 Å². The summed E-state index contributed by atoms with van der Waals surface area (Å²) in [5.41, 5.74) is -0.508. The molecule has 1 aromatic carbocycles. The highest BCUT2D eigenvalue weighted by molar-refractivity contribution is 6.32. The van der Waals surface area contributed by atoms with Crippen LogP contribution >= 0.6 is 11.6 Å². The second-order valence-corrected chi connectivity index (χ2v) is 4.19. The fourth-order valence-electron chi connectivity index (χ4n) is 1.87. The Morgan fingerprint density at radius 3 is 2.60 bits per heavy atom. The van der Waals surface area contributed by atoms with Crippen LogP contribution in [0.1, 0.15) is 18.4 Å². The Labute approximate surface area is 93.3 Å². The molecule has 2 rings (SSSR count). The smallest absolute Gasteiger partial charge is 0.140 e. The Balaban J connectivity index is 2.39. The number of hydrogen-bond donors (Lipinski definition) is 2. The highest BCUT2D eigenvalue weighted by atomic mass is 35.5. The number of phenols is 1. The van der Waals surface area contributed by atoms with Gasteiger partial charge in [-0.3, -0.25) is 0 Å². The SMILES string of the molecule is Oc1c(Cl)cccc1C1(O)CCOCC1. The van der Waals surface area contributed by atoms with Crippen molar-refractivity contribution in [3.63, 3.8) is 0 Å². The summed E-state index contributed by atoms with van der Waals surface area (Å²) >= 11 is 5.80. The third-order valence-corrected chi connectivity index (χ3v) is 3.11. The lowest BCUT2D eigenvalue weighted by molar-refractivity contribution is -0.0689. The molecule has 15 heavy (non-hydrogen) atoms. The molecular weight excluding hydrogens is 216 g/mol. The Morgan fingerprint density at radius 2 is 1.93 bits per heavy atom. The molecule has 0 spiro atoms. The van der Waals surface area contributed by atoms with Gasteiger partial charge in [0.1, 0.15) is 5.75 Å². The van der Waals surface area contributed by atoms with E-state index >= 15 is 0 Å². The summed E-state index contributed by atoms with van der Waals surface area (Å²) in [6.45, 7) is 1.00. The summed E-state index contributed by atoms with van der Waals surface area (Å²) in [5.74, 6) is -0.0245. The van der Waals surface area contributed by atoms with Gasteiger partial charge in [0, 0.05) is 31.6 Å². The van der Waals surface area contributed by atoms with Gasteiger partial charge in [0.25, 0.3) is 0 Å². The molecule has 1 aromatic rings. The first-order chi connectivity index (χ1) is 7.13. The summed E-state index contributed by atoms with van der Waals surface area (Å²) in [6.07, 6.45) is 0.974. The molecule has 1 heterocycles. The second-order valence-electron chi connectivity index (χ2n) is 3.78. The van der Waals surface area contributed by atoms with Crippen molar-refractivity contribution >= 4 is 11.6 Å². The third-order valence-electron chi connectivity index (χ3n) is 2.81. The topological polar surface area (TPSA) is 49.7 Å². The minimum atomic E-state index is -1.01. The van der Waals surface area contributed by atoms with E-state index in [0.717, 1.165) is 0 Å². The molecule has 1 saturated heterocycles. The number of aromatic hydroxyl groups is 1. The predicted octanol–water partition coefficient (Wildman–Crippen LogP) is 2.04. The van der Waals surface area contributed by atoms with Crippen LogP contribution in [0.3, 0.4) is 0 Å². The Kier molecular flexibility index (Phi) is 2.87. The maximum Gasteiger partial charge on any atom is 0.140 e. The molecule has 4 heteroatoms. The van der Waals surface area contributed by atoms with Gasteiger partial charge in [-0.2, -0.15) is 0 Å². The molecule has 3 nitrogen and oxygen atoms in total. The summed E-state index contributed by atoms with van der Waals surface area (Å²) < 4.78 is 5.18. The number of para-hydroxylation sites is 1. The first-order valence-electron chi connectivity index (χ1n) is 4.91. The van der Waals surface area contributed by atoms with Crippen LogP contribution in [0.5, 0.6) is 5.75 Å². The van der Waals surface area contributed by atoms with Crippen molar-refractivity contribution in [2.75, 3.05) is 13.2 Å². The number of aliphatic hydroxyl groups is 1. The minimum Gasteiger partial charge on any atom is -0.506 e. The molecule has 0 saturated carbocycles. The first kappa shape index (κ1) is 10.7. The van der Waals surface area contributed by atoms with Gasteiger partial charge in [-0.25, -0.2) is 0 Å². The van der Waals surface area contributed by atoms with Crippen molar-refractivity contribution in [3.05, 3.63) is 28.8 Å². The zero-order valence-corrected chi connectivity index (χ0v) is 9.00. The quantitative estimate of drug-likeness (QED) is 0.774. The highest BCUT2D eigenvalue weighted by Gasteiger charge is 2.34. The molecule has 82 valence electrons. The van der Waals surface area contributed by atoms with Gasteiger partial charge in [0.15, 0.2) is 0 Å². The number of ether oxygens (including phenoxy) is 1. The first-order valence-corrected chi connectivity index (χ1v) is 5.29. The van der Waals surface area contributed by atoms with Gasteiger partial charge in [-0.1, -0.05) is 23.7 Å². The molecule has 0 atom stereocenters. The van der Waals surface area contributed by atoms with Crippen LogP contribution in [-0.4, -0.2) is 23.4 Å². The van der Waals surface area contributed by atoms with Crippen molar-refractivity contribution < 1.29 is 14.9 Å². The van der Waals surface area contributed by atoms with Crippen LogP contribution in [0.4, 0.5) is 0 Å². The molecule has 0 aliphatic carbocycles.